The largest absolute Gasteiger partial charge is 0.361 e. The van der Waals surface area contributed by atoms with E-state index in [0.29, 0.717) is 5.82 Å². The molecule has 1 N–H and O–H groups in total. The molecule has 7 heteroatoms. The van der Waals surface area contributed by atoms with E-state index in [9.17, 15) is 4.39 Å². The Morgan fingerprint density at radius 3 is 2.63 bits per heavy atom. The van der Waals surface area contributed by atoms with Crippen LogP contribution in [-0.2, 0) is 4.74 Å². The van der Waals surface area contributed by atoms with Gasteiger partial charge in [0.05, 0.1) is 11.2 Å². The van der Waals surface area contributed by atoms with Crippen LogP contribution < -0.4 is 5.32 Å². The maximum Gasteiger partial charge on any atom is 0.160 e. The molecule has 0 aliphatic carbocycles. The van der Waals surface area contributed by atoms with Gasteiger partial charge in [0.15, 0.2) is 12.0 Å². The van der Waals surface area contributed by atoms with Crippen molar-refractivity contribution in [2.75, 3.05) is 11.9 Å². The predicted octanol–water partition coefficient (Wildman–Crippen LogP) is 5.89. The van der Waals surface area contributed by atoms with Crippen molar-refractivity contribution in [2.24, 2.45) is 0 Å². The molecule has 0 bridgehead atoms. The molecular formula is C23H23FN4O2. The number of anilines is 2. The van der Waals surface area contributed by atoms with Crippen LogP contribution in [0, 0.1) is 19.7 Å². The zero-order valence-corrected chi connectivity index (χ0v) is 17.0. The van der Waals surface area contributed by atoms with Crippen molar-refractivity contribution in [2.45, 2.75) is 39.3 Å². The Kier molecular flexibility index (Phi) is 4.75. The number of ether oxygens (including phenoxy) is 1. The number of benzene rings is 2. The van der Waals surface area contributed by atoms with Crippen LogP contribution in [0.1, 0.15) is 36.9 Å². The Morgan fingerprint density at radius 1 is 1.10 bits per heavy atom. The lowest BCUT2D eigenvalue weighted by atomic mass is 10.0. The van der Waals surface area contributed by atoms with Gasteiger partial charge in [0.1, 0.15) is 11.6 Å². The van der Waals surface area contributed by atoms with Gasteiger partial charge in [0, 0.05) is 23.2 Å². The van der Waals surface area contributed by atoms with Crippen molar-refractivity contribution in [1.29, 1.82) is 0 Å². The van der Waals surface area contributed by atoms with Gasteiger partial charge < -0.3 is 14.6 Å². The highest BCUT2D eigenvalue weighted by Crippen LogP contribution is 2.36. The lowest BCUT2D eigenvalue weighted by Crippen LogP contribution is -2.19. The summed E-state index contributed by atoms with van der Waals surface area (Å²) in [5.74, 6) is 1.22. The van der Waals surface area contributed by atoms with Crippen molar-refractivity contribution >= 4 is 22.4 Å². The summed E-state index contributed by atoms with van der Waals surface area (Å²) in [6, 6.07) is 12.5. The van der Waals surface area contributed by atoms with Crippen molar-refractivity contribution in [1.82, 2.24) is 14.9 Å². The lowest BCUT2D eigenvalue weighted by Gasteiger charge is -2.23. The van der Waals surface area contributed by atoms with E-state index < -0.39 is 0 Å². The number of nitrogens with zero attached hydrogens (tertiary/aromatic N) is 3. The van der Waals surface area contributed by atoms with E-state index in [1.807, 2.05) is 18.5 Å². The van der Waals surface area contributed by atoms with E-state index in [0.717, 1.165) is 65.0 Å². The summed E-state index contributed by atoms with van der Waals surface area (Å²) in [5.41, 5.74) is 4.62. The van der Waals surface area contributed by atoms with Crippen LogP contribution in [-0.4, -0.2) is 21.5 Å². The molecular weight excluding hydrogens is 383 g/mol. The first-order chi connectivity index (χ1) is 14.6. The molecule has 2 aromatic carbocycles. The molecule has 2 aromatic heterocycles. The molecule has 6 nitrogen and oxygen atoms in total. The number of hydrogen-bond donors (Lipinski definition) is 1. The number of halogens is 1. The minimum atomic E-state index is -0.271. The van der Waals surface area contributed by atoms with Gasteiger partial charge in [-0.1, -0.05) is 11.2 Å². The van der Waals surface area contributed by atoms with Crippen molar-refractivity contribution < 1.29 is 13.7 Å². The van der Waals surface area contributed by atoms with Gasteiger partial charge in [0.2, 0.25) is 0 Å². The molecule has 1 atom stereocenters. The summed E-state index contributed by atoms with van der Waals surface area (Å²) in [6.45, 7) is 4.59. The van der Waals surface area contributed by atoms with Crippen LogP contribution >= 0.6 is 0 Å². The molecule has 0 radical (unpaired) electrons. The van der Waals surface area contributed by atoms with E-state index in [1.165, 1.54) is 12.1 Å². The van der Waals surface area contributed by atoms with Crippen LogP contribution in [0.25, 0.3) is 22.0 Å². The van der Waals surface area contributed by atoms with Gasteiger partial charge in [-0.2, -0.15) is 5.10 Å². The second kappa shape index (κ2) is 7.57. The molecule has 1 saturated heterocycles. The van der Waals surface area contributed by atoms with Gasteiger partial charge >= 0.3 is 0 Å². The number of aromatic nitrogens is 3. The molecule has 0 amide bonds. The third kappa shape index (κ3) is 3.35. The van der Waals surface area contributed by atoms with E-state index in [4.69, 9.17) is 14.4 Å². The average Bonchev–Trinajstić information content (AvgIpc) is 3.29. The minimum absolute atomic E-state index is 0.0880. The first kappa shape index (κ1) is 18.8. The molecule has 4 aromatic rings. The predicted molar refractivity (Wildman–Crippen MR) is 113 cm³/mol. The summed E-state index contributed by atoms with van der Waals surface area (Å²) in [5, 5.41) is 13.2. The summed E-state index contributed by atoms with van der Waals surface area (Å²) >= 11 is 0. The minimum Gasteiger partial charge on any atom is -0.361 e. The van der Waals surface area contributed by atoms with Gasteiger partial charge in [-0.25, -0.2) is 9.07 Å². The van der Waals surface area contributed by atoms with Crippen LogP contribution in [0.3, 0.4) is 0 Å². The molecule has 30 heavy (non-hydrogen) atoms. The van der Waals surface area contributed by atoms with Crippen LogP contribution in [0.2, 0.25) is 0 Å². The molecule has 1 aliphatic rings. The van der Waals surface area contributed by atoms with E-state index >= 15 is 0 Å². The summed E-state index contributed by atoms with van der Waals surface area (Å²) in [4.78, 5) is 0. The highest BCUT2D eigenvalue weighted by Gasteiger charge is 2.22. The molecule has 3 heterocycles. The van der Waals surface area contributed by atoms with Gasteiger partial charge in [0.25, 0.3) is 0 Å². The molecule has 154 valence electrons. The molecule has 0 saturated carbocycles. The Bertz CT molecular complexity index is 1170. The number of rotatable bonds is 4. The van der Waals surface area contributed by atoms with Gasteiger partial charge in [-0.3, -0.25) is 0 Å². The van der Waals surface area contributed by atoms with Gasteiger partial charge in [-0.15, -0.1) is 0 Å². The molecule has 1 aliphatic heterocycles. The zero-order chi connectivity index (χ0) is 20.7. The fourth-order valence-corrected chi connectivity index (χ4v) is 4.09. The number of hydrogen-bond acceptors (Lipinski definition) is 5. The quantitative estimate of drug-likeness (QED) is 0.458. The van der Waals surface area contributed by atoms with Crippen LogP contribution in [0.5, 0.6) is 0 Å². The Morgan fingerprint density at radius 2 is 1.93 bits per heavy atom. The standard InChI is InChI=1S/C23H23FN4O2/c1-14-22(15(2)30-27-14)16-6-11-20-19(13-16)23(25-18-9-7-17(24)8-10-18)26-28(20)21-5-3-4-12-29-21/h6-11,13,21H,3-5,12H2,1-2H3,(H,25,26). The van der Waals surface area contributed by atoms with E-state index in [-0.39, 0.29) is 12.0 Å². The Labute approximate surface area is 173 Å². The third-order valence-electron chi connectivity index (χ3n) is 5.56. The second-order valence-electron chi connectivity index (χ2n) is 7.68. The summed E-state index contributed by atoms with van der Waals surface area (Å²) in [7, 11) is 0. The second-order valence-corrected chi connectivity index (χ2v) is 7.68. The maximum atomic E-state index is 13.3. The average molecular weight is 406 g/mol. The SMILES string of the molecule is Cc1noc(C)c1-c1ccc2c(c1)c(Nc1ccc(F)cc1)nn2C1CCCCO1. The molecule has 1 unspecified atom stereocenters. The lowest BCUT2D eigenvalue weighted by molar-refractivity contribution is -0.0365. The normalized spacial score (nSPS) is 16.8. The molecule has 1 fully saturated rings. The number of fused-ring (bicyclic) bond motifs is 1. The van der Waals surface area contributed by atoms with Gasteiger partial charge in [-0.05, 0) is 75.1 Å². The Hall–Kier alpha value is -3.19. The molecule has 5 rings (SSSR count). The van der Waals surface area contributed by atoms with Crippen molar-refractivity contribution in [3.05, 3.63) is 59.7 Å². The van der Waals surface area contributed by atoms with E-state index in [2.05, 4.69) is 28.7 Å². The van der Waals surface area contributed by atoms with Crippen molar-refractivity contribution in [3.8, 4) is 11.1 Å². The first-order valence-corrected chi connectivity index (χ1v) is 10.2. The Balaban J connectivity index is 1.63. The fourth-order valence-electron chi connectivity index (χ4n) is 4.09. The molecule has 0 spiro atoms. The number of nitrogens with one attached hydrogen (secondary N) is 1. The monoisotopic (exact) mass is 406 g/mol. The highest BCUT2D eigenvalue weighted by molar-refractivity contribution is 5.95. The summed E-state index contributed by atoms with van der Waals surface area (Å²) < 4.78 is 26.6. The fraction of sp³-hybridized carbons (Fsp3) is 0.304. The van der Waals surface area contributed by atoms with Crippen LogP contribution in [0.4, 0.5) is 15.9 Å². The number of aryl methyl sites for hydroxylation is 2. The van der Waals surface area contributed by atoms with Crippen molar-refractivity contribution in [3.63, 3.8) is 0 Å². The highest BCUT2D eigenvalue weighted by atomic mass is 19.1. The zero-order valence-electron chi connectivity index (χ0n) is 17.0. The topological polar surface area (TPSA) is 65.1 Å². The summed E-state index contributed by atoms with van der Waals surface area (Å²) in [6.07, 6.45) is 3.03. The first-order valence-electron chi connectivity index (χ1n) is 10.2. The third-order valence-corrected chi connectivity index (χ3v) is 5.56. The maximum absolute atomic E-state index is 13.3. The van der Waals surface area contributed by atoms with Crippen LogP contribution in [0.15, 0.2) is 47.0 Å². The smallest absolute Gasteiger partial charge is 0.160 e. The van der Waals surface area contributed by atoms with E-state index in [1.54, 1.807) is 12.1 Å².